The molecule has 60 heavy (non-hydrogen) atoms. The number of benzene rings is 9. The summed E-state index contributed by atoms with van der Waals surface area (Å²) < 4.78 is 0. The second-order valence-corrected chi connectivity index (χ2v) is 15.3. The predicted octanol–water partition coefficient (Wildman–Crippen LogP) is 16.3. The van der Waals surface area contributed by atoms with Gasteiger partial charge >= 0.3 is 0 Å². The summed E-state index contributed by atoms with van der Waals surface area (Å²) in [7, 11) is 0. The minimum atomic E-state index is 0.997. The molecule has 0 aliphatic heterocycles. The summed E-state index contributed by atoms with van der Waals surface area (Å²) in [4.78, 5) is 4.76. The van der Waals surface area contributed by atoms with E-state index in [1.54, 1.807) is 0 Å². The molecule has 0 saturated carbocycles. The van der Waals surface area contributed by atoms with Crippen LogP contribution >= 0.6 is 0 Å². The van der Waals surface area contributed by atoms with E-state index in [4.69, 9.17) is 0 Å². The second kappa shape index (κ2) is 17.1. The normalized spacial score (nSPS) is 10.9. The van der Waals surface area contributed by atoms with E-state index in [-0.39, 0.29) is 0 Å². The van der Waals surface area contributed by atoms with Gasteiger partial charge < -0.3 is 15.1 Å². The maximum Gasteiger partial charge on any atom is 0.0560 e. The summed E-state index contributed by atoms with van der Waals surface area (Å²) in [5, 5.41) is 3.93. The van der Waals surface area contributed by atoms with Crippen LogP contribution < -0.4 is 15.1 Å². The molecule has 0 atom stereocenters. The Balaban J connectivity index is 1.21. The highest BCUT2D eigenvalue weighted by Gasteiger charge is 2.22. The van der Waals surface area contributed by atoms with Crippen LogP contribution in [0.5, 0.6) is 0 Å². The van der Waals surface area contributed by atoms with Crippen LogP contribution in [0.3, 0.4) is 0 Å². The Morgan fingerprint density at radius 3 is 1.30 bits per heavy atom. The van der Waals surface area contributed by atoms with Crippen LogP contribution in [-0.2, 0) is 0 Å². The molecule has 290 valence electrons. The van der Waals surface area contributed by atoms with Gasteiger partial charge in [0.15, 0.2) is 0 Å². The van der Waals surface area contributed by atoms with E-state index in [0.717, 1.165) is 73.3 Å². The van der Waals surface area contributed by atoms with Gasteiger partial charge in [-0.3, -0.25) is 0 Å². The van der Waals surface area contributed by atoms with Crippen molar-refractivity contribution in [2.75, 3.05) is 15.1 Å². The summed E-state index contributed by atoms with van der Waals surface area (Å²) in [6, 6.07) is 80.5. The molecule has 0 bridgehead atoms. The van der Waals surface area contributed by atoms with Crippen LogP contribution in [0.1, 0.15) is 16.7 Å². The number of hydrogen-bond acceptors (Lipinski definition) is 3. The van der Waals surface area contributed by atoms with Gasteiger partial charge in [0.05, 0.1) is 11.4 Å². The average molecular weight is 774 g/mol. The van der Waals surface area contributed by atoms with Gasteiger partial charge in [-0.05, 0) is 127 Å². The van der Waals surface area contributed by atoms with Crippen LogP contribution in [0.2, 0.25) is 0 Å². The Morgan fingerprint density at radius 1 is 0.333 bits per heavy atom. The Hall–Kier alpha value is -7.62. The van der Waals surface area contributed by atoms with Crippen LogP contribution in [-0.4, -0.2) is 0 Å². The Kier molecular flexibility index (Phi) is 10.8. The molecule has 0 aliphatic rings. The van der Waals surface area contributed by atoms with E-state index in [0.29, 0.717) is 0 Å². The zero-order valence-corrected chi connectivity index (χ0v) is 34.3. The largest absolute Gasteiger partial charge is 0.355 e. The van der Waals surface area contributed by atoms with E-state index in [9.17, 15) is 0 Å². The lowest BCUT2D eigenvalue weighted by atomic mass is 9.93. The highest BCUT2D eigenvalue weighted by molar-refractivity contribution is 5.95. The number of nitrogens with zero attached hydrogens (tertiary/aromatic N) is 2. The molecule has 0 fully saturated rings. The summed E-state index contributed by atoms with van der Waals surface area (Å²) in [6.45, 7) is 6.52. The van der Waals surface area contributed by atoms with Crippen LogP contribution in [0.15, 0.2) is 224 Å². The third-order valence-electron chi connectivity index (χ3n) is 11.0. The van der Waals surface area contributed by atoms with Gasteiger partial charge in [-0.25, -0.2) is 0 Å². The van der Waals surface area contributed by atoms with Gasteiger partial charge in [-0.15, -0.1) is 0 Å². The lowest BCUT2D eigenvalue weighted by Crippen LogP contribution is -2.12. The molecule has 0 radical (unpaired) electrons. The molecule has 0 aliphatic carbocycles. The molecule has 9 aromatic rings. The molecule has 0 heterocycles. The van der Waals surface area contributed by atoms with Crippen molar-refractivity contribution in [3.63, 3.8) is 0 Å². The first kappa shape index (κ1) is 37.9. The fourth-order valence-electron chi connectivity index (χ4n) is 8.24. The molecule has 1 N–H and O–H groups in total. The molecule has 0 aromatic heterocycles. The third kappa shape index (κ3) is 7.94. The monoisotopic (exact) mass is 773 g/mol. The first-order valence-electron chi connectivity index (χ1n) is 20.6. The van der Waals surface area contributed by atoms with Gasteiger partial charge in [0.2, 0.25) is 0 Å². The molecule has 9 rings (SSSR count). The van der Waals surface area contributed by atoms with E-state index >= 15 is 0 Å². The summed E-state index contributed by atoms with van der Waals surface area (Å²) in [5.41, 5.74) is 19.2. The Labute approximate surface area is 354 Å². The standard InChI is InChI=1S/C57H47N3/c1-41-19-16-30-50(37-41)59(48-26-12-6-13-27-48)55-39-46(33-35-52(55)44-22-8-4-9-23-44)57-43(3)21-18-32-54(57)58-47-34-36-53(45-24-10-5-11-25-45)56(40-47)60(49-28-14-7-15-29-49)51-31-17-20-42(2)38-51/h4-40,58H,1-3H3. The van der Waals surface area contributed by atoms with Gasteiger partial charge in [0, 0.05) is 50.8 Å². The smallest absolute Gasteiger partial charge is 0.0560 e. The molecule has 0 saturated heterocycles. The topological polar surface area (TPSA) is 18.5 Å². The number of rotatable bonds is 11. The molecule has 3 heteroatoms. The van der Waals surface area contributed by atoms with Crippen molar-refractivity contribution in [2.45, 2.75) is 20.8 Å². The van der Waals surface area contributed by atoms with Crippen molar-refractivity contribution in [1.82, 2.24) is 0 Å². The van der Waals surface area contributed by atoms with Gasteiger partial charge in [-0.1, -0.05) is 152 Å². The van der Waals surface area contributed by atoms with Crippen molar-refractivity contribution in [3.8, 4) is 33.4 Å². The van der Waals surface area contributed by atoms with E-state index in [1.807, 2.05) is 0 Å². The van der Waals surface area contributed by atoms with Crippen molar-refractivity contribution in [2.24, 2.45) is 0 Å². The molecule has 9 aromatic carbocycles. The lowest BCUT2D eigenvalue weighted by Gasteiger charge is -2.29. The highest BCUT2D eigenvalue weighted by Crippen LogP contribution is 2.46. The third-order valence-corrected chi connectivity index (χ3v) is 11.0. The number of para-hydroxylation sites is 2. The van der Waals surface area contributed by atoms with Gasteiger partial charge in [0.1, 0.15) is 0 Å². The van der Waals surface area contributed by atoms with E-state index < -0.39 is 0 Å². The molecular formula is C57H47N3. The van der Waals surface area contributed by atoms with E-state index in [1.165, 1.54) is 22.3 Å². The highest BCUT2D eigenvalue weighted by atomic mass is 15.2. The fraction of sp³-hybridized carbons (Fsp3) is 0.0526. The molecule has 0 unspecified atom stereocenters. The fourth-order valence-corrected chi connectivity index (χ4v) is 8.24. The van der Waals surface area contributed by atoms with Crippen LogP contribution in [0, 0.1) is 20.8 Å². The van der Waals surface area contributed by atoms with Crippen molar-refractivity contribution in [3.05, 3.63) is 241 Å². The molecule has 3 nitrogen and oxygen atoms in total. The van der Waals surface area contributed by atoms with Gasteiger partial charge in [-0.2, -0.15) is 0 Å². The van der Waals surface area contributed by atoms with Crippen LogP contribution in [0.25, 0.3) is 33.4 Å². The number of aryl methyl sites for hydroxylation is 3. The van der Waals surface area contributed by atoms with Crippen molar-refractivity contribution >= 4 is 45.5 Å². The minimum absolute atomic E-state index is 0.997. The number of nitrogens with one attached hydrogen (secondary N) is 1. The summed E-state index contributed by atoms with van der Waals surface area (Å²) in [6.07, 6.45) is 0. The predicted molar refractivity (Wildman–Crippen MR) is 256 cm³/mol. The summed E-state index contributed by atoms with van der Waals surface area (Å²) >= 11 is 0. The SMILES string of the molecule is Cc1cccc(N(c2ccccc2)c2cc(Nc3cccc(C)c3-c3ccc(-c4ccccc4)c(N(c4ccccc4)c4cccc(C)c4)c3)ccc2-c2ccccc2)c1. The number of hydrogen-bond donors (Lipinski definition) is 1. The van der Waals surface area contributed by atoms with Gasteiger partial charge in [0.25, 0.3) is 0 Å². The van der Waals surface area contributed by atoms with E-state index in [2.05, 4.69) is 260 Å². The zero-order valence-electron chi connectivity index (χ0n) is 34.3. The minimum Gasteiger partial charge on any atom is -0.355 e. The maximum atomic E-state index is 3.93. The van der Waals surface area contributed by atoms with Crippen LogP contribution in [0.4, 0.5) is 45.5 Å². The molecule has 0 amide bonds. The first-order chi connectivity index (χ1) is 29.5. The van der Waals surface area contributed by atoms with Crippen molar-refractivity contribution in [1.29, 1.82) is 0 Å². The second-order valence-electron chi connectivity index (χ2n) is 15.3. The quantitative estimate of drug-likeness (QED) is 0.141. The maximum absolute atomic E-state index is 3.93. The molecule has 0 spiro atoms. The lowest BCUT2D eigenvalue weighted by molar-refractivity contribution is 1.27. The Bertz CT molecular complexity index is 2870. The Morgan fingerprint density at radius 2 is 0.783 bits per heavy atom. The molecular weight excluding hydrogens is 727 g/mol. The summed E-state index contributed by atoms with van der Waals surface area (Å²) in [5.74, 6) is 0. The zero-order chi connectivity index (χ0) is 40.8. The first-order valence-corrected chi connectivity index (χ1v) is 20.6. The average Bonchev–Trinajstić information content (AvgIpc) is 3.28. The van der Waals surface area contributed by atoms with Crippen molar-refractivity contribution < 1.29 is 0 Å². The number of anilines is 8.